The van der Waals surface area contributed by atoms with Crippen molar-refractivity contribution < 1.29 is 14.7 Å². The molecular formula is C28H31ClN2O3. The Labute approximate surface area is 206 Å². The van der Waals surface area contributed by atoms with Gasteiger partial charge < -0.3 is 14.7 Å². The van der Waals surface area contributed by atoms with Crippen LogP contribution < -0.4 is 4.74 Å². The number of benzene rings is 3. The average Bonchev–Trinajstić information content (AvgIpc) is 3.27. The molecule has 2 atom stereocenters. The van der Waals surface area contributed by atoms with Crippen LogP contribution in [0.25, 0.3) is 0 Å². The van der Waals surface area contributed by atoms with E-state index >= 15 is 0 Å². The molecule has 34 heavy (non-hydrogen) atoms. The van der Waals surface area contributed by atoms with E-state index in [1.165, 1.54) is 5.56 Å². The summed E-state index contributed by atoms with van der Waals surface area (Å²) in [6.45, 7) is 6.00. The molecule has 0 radical (unpaired) electrons. The minimum absolute atomic E-state index is 0.0834. The van der Waals surface area contributed by atoms with Gasteiger partial charge >= 0.3 is 0 Å². The van der Waals surface area contributed by atoms with E-state index in [4.69, 9.17) is 21.2 Å². The molecule has 1 heterocycles. The number of hydrogen-bond acceptors (Lipinski definition) is 5. The fraction of sp³-hybridized carbons (Fsp3) is 0.321. The molecule has 0 saturated heterocycles. The van der Waals surface area contributed by atoms with Gasteiger partial charge in [0.2, 0.25) is 0 Å². The third kappa shape index (κ3) is 6.83. The van der Waals surface area contributed by atoms with Crippen molar-refractivity contribution >= 4 is 17.3 Å². The van der Waals surface area contributed by atoms with E-state index in [0.717, 1.165) is 34.6 Å². The molecule has 0 amide bonds. The second-order valence-corrected chi connectivity index (χ2v) is 9.33. The third-order valence-electron chi connectivity index (χ3n) is 5.87. The Bertz CT molecular complexity index is 1120. The van der Waals surface area contributed by atoms with Gasteiger partial charge in [-0.2, -0.15) is 0 Å². The van der Waals surface area contributed by atoms with Gasteiger partial charge in [0.1, 0.15) is 24.6 Å². The predicted molar refractivity (Wildman–Crippen MR) is 137 cm³/mol. The van der Waals surface area contributed by atoms with Crippen molar-refractivity contribution in [2.75, 3.05) is 19.7 Å². The fourth-order valence-electron chi connectivity index (χ4n) is 4.08. The molecule has 0 unspecified atom stereocenters. The molecule has 178 valence electrons. The van der Waals surface area contributed by atoms with Crippen LogP contribution in [-0.2, 0) is 11.4 Å². The molecule has 0 fully saturated rings. The summed E-state index contributed by atoms with van der Waals surface area (Å²) >= 11 is 6.20. The number of ether oxygens (including phenoxy) is 1. The molecule has 0 saturated carbocycles. The first-order valence-corrected chi connectivity index (χ1v) is 12.0. The molecule has 1 N–H and O–H groups in total. The SMILES string of the molecule is Cc1ccc(C2=NO[C@H](CN(Cc3cccc(Cl)c3)C[C@H](O)COc3ccccc3C)C2)cc1. The van der Waals surface area contributed by atoms with Crippen molar-refractivity contribution in [1.29, 1.82) is 0 Å². The van der Waals surface area contributed by atoms with Crippen LogP contribution in [0.15, 0.2) is 78.0 Å². The van der Waals surface area contributed by atoms with Gasteiger partial charge in [0.15, 0.2) is 0 Å². The van der Waals surface area contributed by atoms with E-state index in [1.54, 1.807) is 0 Å². The highest BCUT2D eigenvalue weighted by molar-refractivity contribution is 6.30. The van der Waals surface area contributed by atoms with Crippen LogP contribution in [0.5, 0.6) is 5.75 Å². The summed E-state index contributed by atoms with van der Waals surface area (Å²) in [5, 5.41) is 15.8. The molecule has 3 aromatic carbocycles. The van der Waals surface area contributed by atoms with Crippen molar-refractivity contribution in [3.05, 3.63) is 100 Å². The molecular weight excluding hydrogens is 448 g/mol. The van der Waals surface area contributed by atoms with Crippen molar-refractivity contribution in [3.8, 4) is 5.75 Å². The lowest BCUT2D eigenvalue weighted by Crippen LogP contribution is -2.39. The molecule has 4 rings (SSSR count). The number of oxime groups is 1. The minimum atomic E-state index is -0.655. The van der Waals surface area contributed by atoms with E-state index in [2.05, 4.69) is 41.2 Å². The summed E-state index contributed by atoms with van der Waals surface area (Å²) in [5.74, 6) is 0.790. The normalized spacial score (nSPS) is 16.3. The number of para-hydroxylation sites is 1. The number of aryl methyl sites for hydroxylation is 2. The maximum atomic E-state index is 10.8. The highest BCUT2D eigenvalue weighted by Gasteiger charge is 2.26. The van der Waals surface area contributed by atoms with Crippen LogP contribution in [0.4, 0.5) is 0 Å². The largest absolute Gasteiger partial charge is 0.491 e. The van der Waals surface area contributed by atoms with E-state index in [1.807, 2.05) is 55.5 Å². The van der Waals surface area contributed by atoms with E-state index in [0.29, 0.717) is 24.7 Å². The van der Waals surface area contributed by atoms with Crippen LogP contribution in [0.1, 0.15) is 28.7 Å². The smallest absolute Gasteiger partial charge is 0.145 e. The van der Waals surface area contributed by atoms with Crippen molar-refractivity contribution in [1.82, 2.24) is 4.90 Å². The van der Waals surface area contributed by atoms with E-state index < -0.39 is 6.10 Å². The van der Waals surface area contributed by atoms with Gasteiger partial charge in [0.25, 0.3) is 0 Å². The zero-order chi connectivity index (χ0) is 23.9. The van der Waals surface area contributed by atoms with Crippen LogP contribution in [0.2, 0.25) is 5.02 Å². The number of aliphatic hydroxyl groups excluding tert-OH is 1. The molecule has 0 aliphatic carbocycles. The number of halogens is 1. The Hall–Kier alpha value is -2.86. The molecule has 5 nitrogen and oxygen atoms in total. The second-order valence-electron chi connectivity index (χ2n) is 8.89. The number of hydrogen-bond donors (Lipinski definition) is 1. The van der Waals surface area contributed by atoms with Crippen LogP contribution in [0, 0.1) is 13.8 Å². The van der Waals surface area contributed by atoms with Gasteiger partial charge in [-0.25, -0.2) is 0 Å². The molecule has 0 aromatic heterocycles. The molecule has 1 aliphatic heterocycles. The second kappa shape index (κ2) is 11.5. The van der Waals surface area contributed by atoms with E-state index in [-0.39, 0.29) is 12.7 Å². The first-order chi connectivity index (χ1) is 16.5. The number of nitrogens with zero attached hydrogens (tertiary/aromatic N) is 2. The Morgan fingerprint density at radius 1 is 1.09 bits per heavy atom. The maximum Gasteiger partial charge on any atom is 0.145 e. The first-order valence-electron chi connectivity index (χ1n) is 11.6. The van der Waals surface area contributed by atoms with Crippen molar-refractivity contribution in [2.45, 2.75) is 39.0 Å². The maximum absolute atomic E-state index is 10.8. The Kier molecular flexibility index (Phi) is 8.22. The monoisotopic (exact) mass is 478 g/mol. The lowest BCUT2D eigenvalue weighted by atomic mass is 10.0. The molecule has 1 aliphatic rings. The third-order valence-corrected chi connectivity index (χ3v) is 6.10. The van der Waals surface area contributed by atoms with Crippen molar-refractivity contribution in [2.24, 2.45) is 5.16 Å². The quantitative estimate of drug-likeness (QED) is 0.424. The zero-order valence-electron chi connectivity index (χ0n) is 19.7. The number of rotatable bonds is 10. The molecule has 6 heteroatoms. The Morgan fingerprint density at radius 2 is 1.88 bits per heavy atom. The van der Waals surface area contributed by atoms with Gasteiger partial charge in [-0.15, -0.1) is 0 Å². The standard InChI is InChI=1S/C28H31ClN2O3/c1-20-10-12-23(13-11-20)27-15-26(34-30-27)18-31(16-22-7-5-8-24(29)14-22)17-25(32)19-33-28-9-4-3-6-21(28)2/h3-14,25-26,32H,15-19H2,1-2H3/t25-,26-/m0/s1. The predicted octanol–water partition coefficient (Wildman–Crippen LogP) is 5.39. The summed E-state index contributed by atoms with van der Waals surface area (Å²) < 4.78 is 5.87. The Balaban J connectivity index is 1.38. The van der Waals surface area contributed by atoms with Crippen LogP contribution in [-0.4, -0.2) is 47.6 Å². The van der Waals surface area contributed by atoms with Crippen LogP contribution >= 0.6 is 11.6 Å². The highest BCUT2D eigenvalue weighted by atomic mass is 35.5. The van der Waals surface area contributed by atoms with Gasteiger partial charge in [0, 0.05) is 31.1 Å². The summed E-state index contributed by atoms with van der Waals surface area (Å²) in [4.78, 5) is 7.95. The lowest BCUT2D eigenvalue weighted by molar-refractivity contribution is 0.0212. The van der Waals surface area contributed by atoms with Gasteiger partial charge in [-0.1, -0.05) is 76.9 Å². The van der Waals surface area contributed by atoms with Gasteiger partial charge in [-0.3, -0.25) is 4.90 Å². The zero-order valence-corrected chi connectivity index (χ0v) is 20.4. The topological polar surface area (TPSA) is 54.3 Å². The summed E-state index contributed by atoms with van der Waals surface area (Å²) in [6.07, 6.45) is -0.0112. The number of aliphatic hydroxyl groups is 1. The minimum Gasteiger partial charge on any atom is -0.491 e. The van der Waals surface area contributed by atoms with Gasteiger partial charge in [0.05, 0.1) is 5.71 Å². The lowest BCUT2D eigenvalue weighted by Gasteiger charge is -2.27. The summed E-state index contributed by atoms with van der Waals surface area (Å²) in [5.41, 5.74) is 5.38. The van der Waals surface area contributed by atoms with Gasteiger partial charge in [-0.05, 0) is 48.7 Å². The average molecular weight is 479 g/mol. The Morgan fingerprint density at radius 3 is 2.65 bits per heavy atom. The fourth-order valence-corrected chi connectivity index (χ4v) is 4.30. The summed E-state index contributed by atoms with van der Waals surface area (Å²) in [7, 11) is 0. The molecule has 0 bridgehead atoms. The molecule has 3 aromatic rings. The van der Waals surface area contributed by atoms with E-state index in [9.17, 15) is 5.11 Å². The first kappa shape index (κ1) is 24.3. The molecule has 0 spiro atoms. The van der Waals surface area contributed by atoms with Crippen molar-refractivity contribution in [3.63, 3.8) is 0 Å². The highest BCUT2D eigenvalue weighted by Crippen LogP contribution is 2.21. The van der Waals surface area contributed by atoms with Crippen LogP contribution in [0.3, 0.4) is 0 Å². The summed E-state index contributed by atoms with van der Waals surface area (Å²) in [6, 6.07) is 23.9.